The Balaban J connectivity index is 2.32. The number of nitrogens with two attached hydrogens (primary N) is 1. The summed E-state index contributed by atoms with van der Waals surface area (Å²) >= 11 is 2.07. The van der Waals surface area contributed by atoms with Crippen LogP contribution in [0.15, 0.2) is 18.2 Å². The molecule has 0 spiro atoms. The number of rotatable bonds is 2. The summed E-state index contributed by atoms with van der Waals surface area (Å²) in [6.07, 6.45) is 0. The summed E-state index contributed by atoms with van der Waals surface area (Å²) < 4.78 is 0. The van der Waals surface area contributed by atoms with Crippen LogP contribution in [0.25, 0.3) is 0 Å². The van der Waals surface area contributed by atoms with Crippen LogP contribution in [0.4, 0.5) is 5.69 Å². The minimum Gasteiger partial charge on any atom is -0.367 e. The maximum atomic E-state index is 5.87. The van der Waals surface area contributed by atoms with Crippen molar-refractivity contribution in [3.05, 3.63) is 29.3 Å². The van der Waals surface area contributed by atoms with Crippen molar-refractivity contribution in [2.75, 3.05) is 17.2 Å². The number of benzene rings is 1. The van der Waals surface area contributed by atoms with E-state index in [-0.39, 0.29) is 0 Å². The fraction of sp³-hybridized carbons (Fsp3) is 0.571. The van der Waals surface area contributed by atoms with E-state index in [0.29, 0.717) is 17.8 Å². The Labute approximate surface area is 109 Å². The number of anilines is 1. The molecule has 1 fully saturated rings. The van der Waals surface area contributed by atoms with Gasteiger partial charge in [0.05, 0.1) is 0 Å². The van der Waals surface area contributed by atoms with Crippen molar-refractivity contribution >= 4 is 17.4 Å². The van der Waals surface area contributed by atoms with Crippen LogP contribution in [0.3, 0.4) is 0 Å². The van der Waals surface area contributed by atoms with Crippen molar-refractivity contribution in [1.82, 2.24) is 0 Å². The highest BCUT2D eigenvalue weighted by Crippen LogP contribution is 2.31. The van der Waals surface area contributed by atoms with E-state index in [1.54, 1.807) is 0 Å². The maximum Gasteiger partial charge on any atom is 0.0415 e. The molecule has 2 N–H and O–H groups in total. The van der Waals surface area contributed by atoms with Gasteiger partial charge in [0.25, 0.3) is 0 Å². The molecule has 17 heavy (non-hydrogen) atoms. The zero-order chi connectivity index (χ0) is 12.4. The third kappa shape index (κ3) is 2.61. The Morgan fingerprint density at radius 2 is 2.18 bits per heavy atom. The van der Waals surface area contributed by atoms with Crippen LogP contribution in [0.5, 0.6) is 0 Å². The second kappa shape index (κ2) is 5.32. The first-order valence-corrected chi connectivity index (χ1v) is 7.36. The largest absolute Gasteiger partial charge is 0.367 e. The van der Waals surface area contributed by atoms with Gasteiger partial charge in [-0.05, 0) is 25.5 Å². The van der Waals surface area contributed by atoms with E-state index in [4.69, 9.17) is 5.73 Å². The molecule has 2 nitrogen and oxygen atoms in total. The molecule has 1 aromatic rings. The topological polar surface area (TPSA) is 29.3 Å². The van der Waals surface area contributed by atoms with Crippen LogP contribution in [-0.2, 0) is 6.54 Å². The number of hydrogen-bond donors (Lipinski definition) is 1. The predicted octanol–water partition coefficient (Wildman–Crippen LogP) is 2.78. The lowest BCUT2D eigenvalue weighted by Crippen LogP contribution is -2.45. The first-order chi connectivity index (χ1) is 8.13. The van der Waals surface area contributed by atoms with Crippen molar-refractivity contribution in [3.8, 4) is 0 Å². The molecule has 2 unspecified atom stereocenters. The molecular formula is C14H22N2S. The summed E-state index contributed by atoms with van der Waals surface area (Å²) in [4.78, 5) is 2.52. The molecule has 1 heterocycles. The molecule has 94 valence electrons. The molecule has 2 atom stereocenters. The van der Waals surface area contributed by atoms with Gasteiger partial charge in [-0.3, -0.25) is 0 Å². The molecule has 1 aliphatic rings. The molecule has 0 bridgehead atoms. The molecule has 2 rings (SSSR count). The predicted molar refractivity (Wildman–Crippen MR) is 77.8 cm³/mol. The van der Waals surface area contributed by atoms with Crippen molar-refractivity contribution in [2.45, 2.75) is 38.6 Å². The Kier molecular flexibility index (Phi) is 4.00. The second-order valence-electron chi connectivity index (χ2n) is 4.85. The normalized spacial score (nSPS) is 25.1. The number of thioether (sulfide) groups is 1. The summed E-state index contributed by atoms with van der Waals surface area (Å²) in [6.45, 7) is 8.52. The van der Waals surface area contributed by atoms with Gasteiger partial charge in [0, 0.05) is 35.8 Å². The quantitative estimate of drug-likeness (QED) is 0.875. The first kappa shape index (κ1) is 12.8. The van der Waals surface area contributed by atoms with E-state index < -0.39 is 0 Å². The van der Waals surface area contributed by atoms with E-state index in [1.165, 1.54) is 22.6 Å². The van der Waals surface area contributed by atoms with E-state index in [2.05, 4.69) is 55.6 Å². The average Bonchev–Trinajstić information content (AvgIpc) is 2.33. The standard InChI is InChI=1S/C14H22N2S/c1-10-4-5-14(13(8-10)9-15)16-6-7-17-12(3)11(16)2/h4-5,8,11-12H,6-7,9,15H2,1-3H3. The number of nitrogens with zero attached hydrogens (tertiary/aromatic N) is 1. The lowest BCUT2D eigenvalue weighted by Gasteiger charge is -2.40. The monoisotopic (exact) mass is 250 g/mol. The van der Waals surface area contributed by atoms with E-state index in [1.807, 2.05) is 0 Å². The average molecular weight is 250 g/mol. The fourth-order valence-electron chi connectivity index (χ4n) is 2.43. The highest BCUT2D eigenvalue weighted by Gasteiger charge is 2.26. The van der Waals surface area contributed by atoms with Crippen LogP contribution in [-0.4, -0.2) is 23.6 Å². The van der Waals surface area contributed by atoms with E-state index in [0.717, 1.165) is 6.54 Å². The van der Waals surface area contributed by atoms with Crippen LogP contribution >= 0.6 is 11.8 Å². The SMILES string of the molecule is Cc1ccc(N2CCSC(C)C2C)c(CN)c1. The lowest BCUT2D eigenvalue weighted by atomic mass is 10.1. The highest BCUT2D eigenvalue weighted by atomic mass is 32.2. The highest BCUT2D eigenvalue weighted by molar-refractivity contribution is 8.00. The minimum atomic E-state index is 0.585. The molecular weight excluding hydrogens is 228 g/mol. The van der Waals surface area contributed by atoms with E-state index in [9.17, 15) is 0 Å². The molecule has 0 aliphatic carbocycles. The van der Waals surface area contributed by atoms with Crippen LogP contribution in [0.1, 0.15) is 25.0 Å². The summed E-state index contributed by atoms with van der Waals surface area (Å²) in [7, 11) is 0. The van der Waals surface area contributed by atoms with Gasteiger partial charge < -0.3 is 10.6 Å². The molecule has 1 aromatic carbocycles. The van der Waals surface area contributed by atoms with Gasteiger partial charge in [-0.2, -0.15) is 11.8 Å². The van der Waals surface area contributed by atoms with Gasteiger partial charge in [-0.25, -0.2) is 0 Å². The zero-order valence-electron chi connectivity index (χ0n) is 10.9. The summed E-state index contributed by atoms with van der Waals surface area (Å²) in [6, 6.07) is 7.22. The van der Waals surface area contributed by atoms with Gasteiger partial charge in [0.1, 0.15) is 0 Å². The van der Waals surface area contributed by atoms with Crippen molar-refractivity contribution in [3.63, 3.8) is 0 Å². The fourth-order valence-corrected chi connectivity index (χ4v) is 3.53. The number of aryl methyl sites for hydroxylation is 1. The third-order valence-electron chi connectivity index (χ3n) is 3.65. The Hall–Kier alpha value is -0.670. The summed E-state index contributed by atoms with van der Waals surface area (Å²) in [5.74, 6) is 1.21. The Morgan fingerprint density at radius 1 is 1.41 bits per heavy atom. The molecule has 0 aromatic heterocycles. The van der Waals surface area contributed by atoms with Crippen LogP contribution in [0.2, 0.25) is 0 Å². The Bertz CT molecular complexity index is 392. The molecule has 0 amide bonds. The molecule has 1 aliphatic heterocycles. The molecule has 1 saturated heterocycles. The summed E-state index contributed by atoms with van der Waals surface area (Å²) in [5.41, 5.74) is 9.77. The van der Waals surface area contributed by atoms with Gasteiger partial charge in [-0.1, -0.05) is 24.6 Å². The smallest absolute Gasteiger partial charge is 0.0415 e. The molecule has 3 heteroatoms. The van der Waals surface area contributed by atoms with Crippen LogP contribution in [0, 0.1) is 6.92 Å². The minimum absolute atomic E-state index is 0.585. The van der Waals surface area contributed by atoms with Gasteiger partial charge >= 0.3 is 0 Å². The Morgan fingerprint density at radius 3 is 2.88 bits per heavy atom. The summed E-state index contributed by atoms with van der Waals surface area (Å²) in [5, 5.41) is 0.690. The lowest BCUT2D eigenvalue weighted by molar-refractivity contribution is 0.624. The second-order valence-corrected chi connectivity index (χ2v) is 6.33. The van der Waals surface area contributed by atoms with Gasteiger partial charge in [-0.15, -0.1) is 0 Å². The van der Waals surface area contributed by atoms with Crippen LogP contribution < -0.4 is 10.6 Å². The number of hydrogen-bond acceptors (Lipinski definition) is 3. The maximum absolute atomic E-state index is 5.87. The van der Waals surface area contributed by atoms with Crippen molar-refractivity contribution < 1.29 is 0 Å². The van der Waals surface area contributed by atoms with Gasteiger partial charge in [0.2, 0.25) is 0 Å². The molecule has 0 radical (unpaired) electrons. The van der Waals surface area contributed by atoms with Gasteiger partial charge in [0.15, 0.2) is 0 Å². The van der Waals surface area contributed by atoms with Crippen molar-refractivity contribution in [1.29, 1.82) is 0 Å². The zero-order valence-corrected chi connectivity index (χ0v) is 11.8. The van der Waals surface area contributed by atoms with Crippen molar-refractivity contribution in [2.24, 2.45) is 5.73 Å². The third-order valence-corrected chi connectivity index (χ3v) is 4.99. The first-order valence-electron chi connectivity index (χ1n) is 6.31. The molecule has 0 saturated carbocycles. The van der Waals surface area contributed by atoms with E-state index >= 15 is 0 Å².